The average Bonchev–Trinajstić information content (AvgIpc) is 2.40. The Hall–Kier alpha value is -0.810. The van der Waals surface area contributed by atoms with Gasteiger partial charge in [-0.3, -0.25) is 4.79 Å². The van der Waals surface area contributed by atoms with Gasteiger partial charge in [0.15, 0.2) is 0 Å². The molecule has 1 aromatic carbocycles. The monoisotopic (exact) mass is 316 g/mol. The number of benzene rings is 1. The second-order valence-corrected chi connectivity index (χ2v) is 5.82. The predicted molar refractivity (Wildman–Crippen MR) is 80.4 cm³/mol. The van der Waals surface area contributed by atoms with E-state index in [0.29, 0.717) is 23.2 Å². The lowest BCUT2D eigenvalue weighted by Gasteiger charge is -2.30. The summed E-state index contributed by atoms with van der Waals surface area (Å²) in [6.07, 6.45) is 0.303. The Labute approximate surface area is 129 Å². The Kier molecular flexibility index (Phi) is 5.66. The first-order valence-electron chi connectivity index (χ1n) is 6.55. The number of amides is 1. The van der Waals surface area contributed by atoms with Crippen LogP contribution in [0.2, 0.25) is 10.0 Å². The largest absolute Gasteiger partial charge is 0.374 e. The fraction of sp³-hybridized carbons (Fsp3) is 0.500. The summed E-state index contributed by atoms with van der Waals surface area (Å²) in [5, 5.41) is 3.96. The van der Waals surface area contributed by atoms with E-state index in [9.17, 15) is 4.79 Å². The summed E-state index contributed by atoms with van der Waals surface area (Å²) in [5.41, 5.74) is 0.773. The first-order chi connectivity index (χ1) is 9.54. The lowest BCUT2D eigenvalue weighted by molar-refractivity contribution is -0.121. The maximum atomic E-state index is 11.9. The molecule has 4 nitrogen and oxygen atoms in total. The summed E-state index contributed by atoms with van der Waals surface area (Å²) in [5.74, 6) is -0.0638. The van der Waals surface area contributed by atoms with Crippen LogP contribution in [0.25, 0.3) is 0 Å². The summed E-state index contributed by atoms with van der Waals surface area (Å²) < 4.78 is 5.59. The molecule has 110 valence electrons. The van der Waals surface area contributed by atoms with Gasteiger partial charge in [0, 0.05) is 29.7 Å². The number of hydrogen-bond acceptors (Lipinski definition) is 3. The third kappa shape index (κ3) is 4.63. The normalized spacial score (nSPS) is 19.9. The SMILES string of the molecule is CN1CCO[C@H](CNC(=O)Cc2ccc(Cl)cc2Cl)C1. The molecule has 20 heavy (non-hydrogen) atoms. The second-order valence-electron chi connectivity index (χ2n) is 4.97. The molecule has 1 N–H and O–H groups in total. The van der Waals surface area contributed by atoms with Gasteiger partial charge >= 0.3 is 0 Å². The summed E-state index contributed by atoms with van der Waals surface area (Å²) in [7, 11) is 2.05. The van der Waals surface area contributed by atoms with Gasteiger partial charge in [0.2, 0.25) is 5.91 Å². The highest BCUT2D eigenvalue weighted by molar-refractivity contribution is 6.35. The Balaban J connectivity index is 1.80. The number of likely N-dealkylation sites (N-methyl/N-ethyl adjacent to an activating group) is 1. The van der Waals surface area contributed by atoms with E-state index >= 15 is 0 Å². The molecule has 0 saturated carbocycles. The number of nitrogens with zero attached hydrogens (tertiary/aromatic N) is 1. The molecule has 1 aromatic rings. The molecule has 0 bridgehead atoms. The van der Waals surface area contributed by atoms with Crippen molar-refractivity contribution in [3.8, 4) is 0 Å². The van der Waals surface area contributed by atoms with E-state index in [2.05, 4.69) is 10.2 Å². The molecule has 2 rings (SSSR count). The van der Waals surface area contributed by atoms with E-state index in [1.54, 1.807) is 18.2 Å². The summed E-state index contributed by atoms with van der Waals surface area (Å²) >= 11 is 11.9. The molecule has 0 spiro atoms. The molecule has 1 aliphatic heterocycles. The van der Waals surface area contributed by atoms with E-state index in [4.69, 9.17) is 27.9 Å². The van der Waals surface area contributed by atoms with Crippen molar-refractivity contribution in [3.63, 3.8) is 0 Å². The minimum Gasteiger partial charge on any atom is -0.374 e. The molecular weight excluding hydrogens is 299 g/mol. The molecule has 6 heteroatoms. The molecule has 0 aliphatic carbocycles. The highest BCUT2D eigenvalue weighted by Crippen LogP contribution is 2.21. The van der Waals surface area contributed by atoms with Crippen LogP contribution in [-0.4, -0.2) is 50.2 Å². The van der Waals surface area contributed by atoms with Crippen LogP contribution in [0.5, 0.6) is 0 Å². The number of nitrogens with one attached hydrogen (secondary N) is 1. The summed E-state index contributed by atoms with van der Waals surface area (Å²) in [6.45, 7) is 3.00. The van der Waals surface area contributed by atoms with Crippen molar-refractivity contribution < 1.29 is 9.53 Å². The van der Waals surface area contributed by atoms with Gasteiger partial charge in [-0.25, -0.2) is 0 Å². The van der Waals surface area contributed by atoms with E-state index in [-0.39, 0.29) is 18.4 Å². The first-order valence-corrected chi connectivity index (χ1v) is 7.31. The molecule has 1 heterocycles. The van der Waals surface area contributed by atoms with Crippen LogP contribution in [0.3, 0.4) is 0 Å². The number of carbonyl (C=O) groups is 1. The quantitative estimate of drug-likeness (QED) is 0.923. The highest BCUT2D eigenvalue weighted by atomic mass is 35.5. The Morgan fingerprint density at radius 1 is 1.50 bits per heavy atom. The lowest BCUT2D eigenvalue weighted by Crippen LogP contribution is -2.46. The molecule has 1 atom stereocenters. The van der Waals surface area contributed by atoms with E-state index in [1.807, 2.05) is 7.05 Å². The van der Waals surface area contributed by atoms with Gasteiger partial charge in [-0.15, -0.1) is 0 Å². The number of carbonyl (C=O) groups excluding carboxylic acids is 1. The molecule has 1 saturated heterocycles. The van der Waals surface area contributed by atoms with Crippen LogP contribution in [0.1, 0.15) is 5.56 Å². The Bertz CT molecular complexity index is 482. The van der Waals surface area contributed by atoms with Crippen molar-refractivity contribution in [2.75, 3.05) is 33.3 Å². The fourth-order valence-electron chi connectivity index (χ4n) is 2.12. The van der Waals surface area contributed by atoms with Crippen molar-refractivity contribution in [2.45, 2.75) is 12.5 Å². The molecular formula is C14H18Cl2N2O2. The maximum Gasteiger partial charge on any atom is 0.224 e. The van der Waals surface area contributed by atoms with Crippen LogP contribution >= 0.6 is 23.2 Å². The van der Waals surface area contributed by atoms with Gasteiger partial charge in [0.1, 0.15) is 0 Å². The van der Waals surface area contributed by atoms with Gasteiger partial charge in [0.05, 0.1) is 19.1 Å². The lowest BCUT2D eigenvalue weighted by atomic mass is 10.1. The van der Waals surface area contributed by atoms with Crippen molar-refractivity contribution in [1.82, 2.24) is 10.2 Å². The number of hydrogen-bond donors (Lipinski definition) is 1. The third-order valence-electron chi connectivity index (χ3n) is 3.23. The predicted octanol–water partition coefficient (Wildman–Crippen LogP) is 1.98. The van der Waals surface area contributed by atoms with Crippen LogP contribution in [0.15, 0.2) is 18.2 Å². The maximum absolute atomic E-state index is 11.9. The molecule has 0 unspecified atom stereocenters. The minimum atomic E-state index is -0.0638. The van der Waals surface area contributed by atoms with Gasteiger partial charge < -0.3 is 15.0 Å². The van der Waals surface area contributed by atoms with Gasteiger partial charge in [-0.2, -0.15) is 0 Å². The fourth-order valence-corrected chi connectivity index (χ4v) is 2.59. The zero-order valence-electron chi connectivity index (χ0n) is 11.4. The summed E-state index contributed by atoms with van der Waals surface area (Å²) in [4.78, 5) is 14.1. The standard InChI is InChI=1S/C14H18Cl2N2O2/c1-18-4-5-20-12(9-18)8-17-14(19)6-10-2-3-11(15)7-13(10)16/h2-3,7,12H,4-6,8-9H2,1H3,(H,17,19)/t12-/m1/s1. The molecule has 1 fully saturated rings. The van der Waals surface area contributed by atoms with E-state index in [1.165, 1.54) is 0 Å². The topological polar surface area (TPSA) is 41.6 Å². The Morgan fingerprint density at radius 3 is 3.00 bits per heavy atom. The van der Waals surface area contributed by atoms with Crippen molar-refractivity contribution >= 4 is 29.1 Å². The molecule has 1 amide bonds. The third-order valence-corrected chi connectivity index (χ3v) is 3.82. The van der Waals surface area contributed by atoms with Crippen LogP contribution in [0.4, 0.5) is 0 Å². The zero-order chi connectivity index (χ0) is 14.5. The van der Waals surface area contributed by atoms with E-state index < -0.39 is 0 Å². The molecule has 0 aromatic heterocycles. The van der Waals surface area contributed by atoms with Crippen molar-refractivity contribution in [3.05, 3.63) is 33.8 Å². The first kappa shape index (κ1) is 15.6. The zero-order valence-corrected chi connectivity index (χ0v) is 12.9. The summed E-state index contributed by atoms with van der Waals surface area (Å²) in [6, 6.07) is 5.15. The van der Waals surface area contributed by atoms with Crippen LogP contribution in [0, 0.1) is 0 Å². The average molecular weight is 317 g/mol. The minimum absolute atomic E-state index is 0.0541. The number of morpholine rings is 1. The van der Waals surface area contributed by atoms with Crippen molar-refractivity contribution in [1.29, 1.82) is 0 Å². The van der Waals surface area contributed by atoms with Gasteiger partial charge in [0.25, 0.3) is 0 Å². The number of ether oxygens (including phenoxy) is 1. The van der Waals surface area contributed by atoms with Crippen LogP contribution in [-0.2, 0) is 16.0 Å². The number of halogens is 2. The van der Waals surface area contributed by atoms with E-state index in [0.717, 1.165) is 18.7 Å². The van der Waals surface area contributed by atoms with Gasteiger partial charge in [-0.05, 0) is 24.7 Å². The molecule has 1 aliphatic rings. The smallest absolute Gasteiger partial charge is 0.224 e. The Morgan fingerprint density at radius 2 is 2.30 bits per heavy atom. The van der Waals surface area contributed by atoms with Gasteiger partial charge in [-0.1, -0.05) is 29.3 Å². The van der Waals surface area contributed by atoms with Crippen molar-refractivity contribution in [2.24, 2.45) is 0 Å². The number of rotatable bonds is 4. The highest BCUT2D eigenvalue weighted by Gasteiger charge is 2.18. The second kappa shape index (κ2) is 7.27. The molecule has 0 radical (unpaired) electrons. The van der Waals surface area contributed by atoms with Crippen LogP contribution < -0.4 is 5.32 Å².